The molecule has 156 valence electrons. The largest absolute Gasteiger partial charge is 0.380 e. The van der Waals surface area contributed by atoms with Crippen molar-refractivity contribution in [2.75, 3.05) is 25.6 Å². The van der Waals surface area contributed by atoms with Crippen molar-refractivity contribution >= 4 is 11.5 Å². The van der Waals surface area contributed by atoms with Crippen LogP contribution in [0.2, 0.25) is 0 Å². The summed E-state index contributed by atoms with van der Waals surface area (Å²) in [5.74, 6) is -0.123. The normalized spacial score (nSPS) is 25.0. The number of hydrogen-bond donors (Lipinski definition) is 1. The Morgan fingerprint density at radius 1 is 1.25 bits per heavy atom. The van der Waals surface area contributed by atoms with E-state index >= 15 is 4.39 Å². The van der Waals surface area contributed by atoms with Crippen LogP contribution in [0.4, 0.5) is 14.6 Å². The monoisotopic (exact) mass is 399 g/mol. The van der Waals surface area contributed by atoms with E-state index in [-0.39, 0.29) is 23.8 Å². The highest BCUT2D eigenvalue weighted by Crippen LogP contribution is 2.38. The molecule has 0 radical (unpaired) electrons. The van der Waals surface area contributed by atoms with Crippen LogP contribution < -0.4 is 5.73 Å². The van der Waals surface area contributed by atoms with Gasteiger partial charge < -0.3 is 19.9 Å². The Kier molecular flexibility index (Phi) is 7.08. The molecule has 0 spiro atoms. The molecule has 3 heterocycles. The molecule has 1 aliphatic rings. The Morgan fingerprint density at radius 2 is 2.00 bits per heavy atom. The van der Waals surface area contributed by atoms with E-state index in [0.717, 1.165) is 30.2 Å². The van der Waals surface area contributed by atoms with Crippen LogP contribution in [0.3, 0.4) is 0 Å². The van der Waals surface area contributed by atoms with Gasteiger partial charge in [-0.25, -0.2) is 13.9 Å². The molecule has 8 nitrogen and oxygen atoms in total. The molecular formula is C18H27F2N5O3. The fourth-order valence-corrected chi connectivity index (χ4v) is 3.18. The molecule has 4 atom stereocenters. The van der Waals surface area contributed by atoms with E-state index in [1.807, 2.05) is 6.92 Å². The van der Waals surface area contributed by atoms with Gasteiger partial charge in [-0.3, -0.25) is 0 Å². The van der Waals surface area contributed by atoms with Crippen molar-refractivity contribution in [3.63, 3.8) is 0 Å². The summed E-state index contributed by atoms with van der Waals surface area (Å²) < 4.78 is 47.4. The first kappa shape index (κ1) is 20.8. The molecule has 0 bridgehead atoms. The zero-order valence-corrected chi connectivity index (χ0v) is 16.2. The van der Waals surface area contributed by atoms with E-state index in [9.17, 15) is 4.39 Å². The van der Waals surface area contributed by atoms with Crippen LogP contribution in [-0.2, 0) is 14.2 Å². The molecule has 1 saturated heterocycles. The fourth-order valence-electron chi connectivity index (χ4n) is 3.18. The molecule has 2 aromatic rings. The maximum absolute atomic E-state index is 15.3. The predicted molar refractivity (Wildman–Crippen MR) is 98.0 cm³/mol. The zero-order chi connectivity index (χ0) is 20.1. The summed E-state index contributed by atoms with van der Waals surface area (Å²) in [6.07, 6.45) is 0.177. The van der Waals surface area contributed by atoms with Crippen LogP contribution in [0.15, 0.2) is 6.20 Å². The topological polar surface area (TPSA) is 96.8 Å². The Balaban J connectivity index is 1.81. The van der Waals surface area contributed by atoms with Gasteiger partial charge in [0, 0.05) is 13.2 Å². The van der Waals surface area contributed by atoms with Gasteiger partial charge >= 0.3 is 6.08 Å². The van der Waals surface area contributed by atoms with E-state index < -0.39 is 30.6 Å². The van der Waals surface area contributed by atoms with E-state index in [2.05, 4.69) is 22.0 Å². The van der Waals surface area contributed by atoms with Crippen molar-refractivity contribution in [1.29, 1.82) is 0 Å². The summed E-state index contributed by atoms with van der Waals surface area (Å²) in [5.41, 5.74) is 6.09. The van der Waals surface area contributed by atoms with Gasteiger partial charge in [0.25, 0.3) is 0 Å². The number of halogens is 2. The molecule has 2 aromatic heterocycles. The molecular weight excluding hydrogens is 372 g/mol. The fraction of sp³-hybridized carbons (Fsp3) is 0.722. The number of nitrogen functional groups attached to an aromatic ring is 1. The number of aromatic nitrogens is 4. The number of fused-ring (bicyclic) bond motifs is 1. The minimum atomic E-state index is -1.48. The van der Waals surface area contributed by atoms with E-state index in [4.69, 9.17) is 19.9 Å². The van der Waals surface area contributed by atoms with Crippen molar-refractivity contribution in [3.05, 3.63) is 18.0 Å². The standard InChI is InChI=1S/C18H27F2N5O3/c1-3-5-7-26-10-12-15(27-8-6-4-2)13(19)14(28-12)11-9-22-17-16(21)23-18(20)24-25(11)17/h9,12-15H,3-8,10H2,1-2H3,(H2,21,23,24)/t12-,13+,14+,15-/m1/s1. The van der Waals surface area contributed by atoms with Crippen LogP contribution in [0.25, 0.3) is 5.65 Å². The van der Waals surface area contributed by atoms with E-state index in [0.29, 0.717) is 13.2 Å². The number of hydrogen-bond acceptors (Lipinski definition) is 7. The lowest BCUT2D eigenvalue weighted by atomic mass is 10.1. The molecule has 0 aliphatic carbocycles. The minimum absolute atomic E-state index is 0.123. The van der Waals surface area contributed by atoms with Crippen LogP contribution in [-0.4, -0.2) is 57.8 Å². The number of ether oxygens (including phenoxy) is 3. The molecule has 1 fully saturated rings. The van der Waals surface area contributed by atoms with Crippen LogP contribution in [0.1, 0.15) is 51.3 Å². The van der Waals surface area contributed by atoms with Gasteiger partial charge in [-0.05, 0) is 12.8 Å². The third-order valence-electron chi connectivity index (χ3n) is 4.70. The third kappa shape index (κ3) is 4.39. The van der Waals surface area contributed by atoms with Crippen molar-refractivity contribution in [2.24, 2.45) is 0 Å². The lowest BCUT2D eigenvalue weighted by Gasteiger charge is -2.20. The summed E-state index contributed by atoms with van der Waals surface area (Å²) >= 11 is 0. The highest BCUT2D eigenvalue weighted by molar-refractivity contribution is 5.59. The molecule has 0 amide bonds. The summed E-state index contributed by atoms with van der Waals surface area (Å²) in [6.45, 7) is 5.32. The maximum atomic E-state index is 15.3. The Morgan fingerprint density at radius 3 is 2.75 bits per heavy atom. The molecule has 0 unspecified atom stereocenters. The lowest BCUT2D eigenvalue weighted by Crippen LogP contribution is -2.34. The number of rotatable bonds is 10. The lowest BCUT2D eigenvalue weighted by molar-refractivity contribution is -0.0673. The molecule has 10 heteroatoms. The van der Waals surface area contributed by atoms with E-state index in [1.54, 1.807) is 0 Å². The van der Waals surface area contributed by atoms with Crippen molar-refractivity contribution in [2.45, 2.75) is 64.0 Å². The summed E-state index contributed by atoms with van der Waals surface area (Å²) in [5, 5.41) is 3.67. The van der Waals surface area contributed by atoms with Gasteiger partial charge in [0.05, 0.1) is 18.5 Å². The minimum Gasteiger partial charge on any atom is -0.380 e. The van der Waals surface area contributed by atoms with Gasteiger partial charge in [0.1, 0.15) is 18.3 Å². The molecule has 0 saturated carbocycles. The smallest absolute Gasteiger partial charge is 0.328 e. The first-order valence-electron chi connectivity index (χ1n) is 9.72. The first-order chi connectivity index (χ1) is 13.6. The second kappa shape index (κ2) is 9.53. The van der Waals surface area contributed by atoms with E-state index in [1.165, 1.54) is 6.20 Å². The van der Waals surface area contributed by atoms with Gasteiger partial charge in [0.15, 0.2) is 17.6 Å². The second-order valence-corrected chi connectivity index (χ2v) is 6.84. The Hall–Kier alpha value is -1.91. The second-order valence-electron chi connectivity index (χ2n) is 6.84. The molecule has 3 rings (SSSR count). The zero-order valence-electron chi connectivity index (χ0n) is 16.2. The number of nitrogens with two attached hydrogens (primary N) is 1. The van der Waals surface area contributed by atoms with Crippen molar-refractivity contribution < 1.29 is 23.0 Å². The van der Waals surface area contributed by atoms with Crippen molar-refractivity contribution in [1.82, 2.24) is 19.6 Å². The third-order valence-corrected chi connectivity index (χ3v) is 4.70. The number of alkyl halides is 1. The predicted octanol–water partition coefficient (Wildman–Crippen LogP) is 2.63. The van der Waals surface area contributed by atoms with Crippen LogP contribution in [0, 0.1) is 6.08 Å². The highest BCUT2D eigenvalue weighted by atomic mass is 19.1. The Labute approximate surface area is 162 Å². The number of imidazole rings is 1. The van der Waals surface area contributed by atoms with Gasteiger partial charge in [0.2, 0.25) is 0 Å². The van der Waals surface area contributed by atoms with Crippen LogP contribution >= 0.6 is 0 Å². The SMILES string of the molecule is CCCCOC[C@H]1O[C@@H](c2cnc3c(N)nc(F)nn23)[C@H](F)[C@@H]1OCCCC. The van der Waals surface area contributed by atoms with Crippen LogP contribution in [0.5, 0.6) is 0 Å². The van der Waals surface area contributed by atoms with Gasteiger partial charge in [-0.15, -0.1) is 5.10 Å². The quantitative estimate of drug-likeness (QED) is 0.614. The highest BCUT2D eigenvalue weighted by Gasteiger charge is 2.48. The summed E-state index contributed by atoms with van der Waals surface area (Å²) in [6, 6.07) is 0. The van der Waals surface area contributed by atoms with Crippen molar-refractivity contribution in [3.8, 4) is 0 Å². The average molecular weight is 399 g/mol. The summed E-state index contributed by atoms with van der Waals surface area (Å²) in [4.78, 5) is 7.51. The van der Waals surface area contributed by atoms with Gasteiger partial charge in [-0.2, -0.15) is 9.37 Å². The van der Waals surface area contributed by atoms with Gasteiger partial charge in [-0.1, -0.05) is 26.7 Å². The number of nitrogens with zero attached hydrogens (tertiary/aromatic N) is 4. The number of unbranched alkanes of at least 4 members (excludes halogenated alkanes) is 2. The molecule has 1 aliphatic heterocycles. The molecule has 28 heavy (non-hydrogen) atoms. The summed E-state index contributed by atoms with van der Waals surface area (Å²) in [7, 11) is 0. The first-order valence-corrected chi connectivity index (χ1v) is 9.72. The molecule has 0 aromatic carbocycles. The average Bonchev–Trinajstić information content (AvgIpc) is 3.21. The number of anilines is 1. The maximum Gasteiger partial charge on any atom is 0.328 e. The molecule has 2 N–H and O–H groups in total. The Bertz CT molecular complexity index is 775.